The molecule has 0 aliphatic rings. The van der Waals surface area contributed by atoms with E-state index in [0.717, 1.165) is 25.3 Å². The highest BCUT2D eigenvalue weighted by Crippen LogP contribution is 2.13. The summed E-state index contributed by atoms with van der Waals surface area (Å²) in [6.45, 7) is 5.82. The van der Waals surface area contributed by atoms with Crippen LogP contribution in [0.15, 0.2) is 36.9 Å². The van der Waals surface area contributed by atoms with Crippen LogP contribution >= 0.6 is 0 Å². The van der Waals surface area contributed by atoms with Crippen molar-refractivity contribution < 1.29 is 19.1 Å². The number of hydrogen-bond acceptors (Lipinski definition) is 4. The van der Waals surface area contributed by atoms with Crippen molar-refractivity contribution in [3.05, 3.63) is 42.5 Å². The molecule has 0 spiro atoms. The van der Waals surface area contributed by atoms with Gasteiger partial charge in [-0.1, -0.05) is 26.3 Å². The lowest BCUT2D eigenvalue weighted by Crippen LogP contribution is -2.07. The molecule has 0 aliphatic heterocycles. The predicted molar refractivity (Wildman–Crippen MR) is 72.1 cm³/mol. The molecule has 1 rings (SSSR count). The minimum absolute atomic E-state index is 0.363. The first-order chi connectivity index (χ1) is 9.17. The molecule has 102 valence electrons. The molecule has 1 aromatic carbocycles. The number of unbranched alkanes of at least 4 members (excludes halogenated alkanes) is 2. The van der Waals surface area contributed by atoms with E-state index in [2.05, 4.69) is 13.5 Å². The molecule has 0 bridgehead atoms. The van der Waals surface area contributed by atoms with Gasteiger partial charge in [-0.3, -0.25) is 0 Å². The summed E-state index contributed by atoms with van der Waals surface area (Å²) < 4.78 is 10.0. The van der Waals surface area contributed by atoms with Crippen molar-refractivity contribution in [3.63, 3.8) is 0 Å². The molecule has 0 aliphatic carbocycles. The number of ether oxygens (including phenoxy) is 2. The first-order valence-corrected chi connectivity index (χ1v) is 6.28. The Labute approximate surface area is 113 Å². The monoisotopic (exact) mass is 262 g/mol. The van der Waals surface area contributed by atoms with Crippen LogP contribution in [-0.2, 0) is 9.53 Å². The van der Waals surface area contributed by atoms with Crippen LogP contribution in [0.5, 0.6) is 5.75 Å². The Bertz CT molecular complexity index is 434. The van der Waals surface area contributed by atoms with Gasteiger partial charge in [-0.2, -0.15) is 0 Å². The van der Waals surface area contributed by atoms with Crippen LogP contribution in [0.1, 0.15) is 36.5 Å². The SMILES string of the molecule is C=CC(=O)Oc1ccc(C(=O)OCCCCC)cc1. The van der Waals surface area contributed by atoms with Gasteiger partial charge in [0.2, 0.25) is 0 Å². The second-order valence-electron chi connectivity index (χ2n) is 3.99. The van der Waals surface area contributed by atoms with Crippen LogP contribution in [-0.4, -0.2) is 18.5 Å². The zero-order valence-corrected chi connectivity index (χ0v) is 11.1. The van der Waals surface area contributed by atoms with Gasteiger partial charge in [-0.15, -0.1) is 0 Å². The first kappa shape index (κ1) is 15.0. The van der Waals surface area contributed by atoms with Crippen molar-refractivity contribution in [1.82, 2.24) is 0 Å². The topological polar surface area (TPSA) is 52.6 Å². The molecule has 0 amide bonds. The fourth-order valence-electron chi connectivity index (χ4n) is 1.42. The minimum atomic E-state index is -0.533. The fourth-order valence-corrected chi connectivity index (χ4v) is 1.42. The third kappa shape index (κ3) is 5.38. The van der Waals surface area contributed by atoms with Crippen molar-refractivity contribution in [2.45, 2.75) is 26.2 Å². The quantitative estimate of drug-likeness (QED) is 0.328. The Hall–Kier alpha value is -2.10. The average molecular weight is 262 g/mol. The van der Waals surface area contributed by atoms with Gasteiger partial charge < -0.3 is 9.47 Å². The number of benzene rings is 1. The summed E-state index contributed by atoms with van der Waals surface area (Å²) in [7, 11) is 0. The molecule has 0 atom stereocenters. The second-order valence-corrected chi connectivity index (χ2v) is 3.99. The number of hydrogen-bond donors (Lipinski definition) is 0. The highest BCUT2D eigenvalue weighted by molar-refractivity contribution is 5.89. The third-order valence-corrected chi connectivity index (χ3v) is 2.46. The van der Waals surface area contributed by atoms with Gasteiger partial charge >= 0.3 is 11.9 Å². The second kappa shape index (κ2) is 8.08. The maximum absolute atomic E-state index is 11.7. The van der Waals surface area contributed by atoms with Gasteiger partial charge in [0.1, 0.15) is 5.75 Å². The smallest absolute Gasteiger partial charge is 0.338 e. The molecule has 0 heterocycles. The summed E-state index contributed by atoms with van der Waals surface area (Å²) in [5.41, 5.74) is 0.440. The molecule has 0 unspecified atom stereocenters. The van der Waals surface area contributed by atoms with Crippen LogP contribution in [0, 0.1) is 0 Å². The number of carbonyl (C=O) groups excluding carboxylic acids is 2. The Balaban J connectivity index is 2.48. The van der Waals surface area contributed by atoms with E-state index < -0.39 is 5.97 Å². The van der Waals surface area contributed by atoms with E-state index in [0.29, 0.717) is 17.9 Å². The Morgan fingerprint density at radius 2 is 1.89 bits per heavy atom. The van der Waals surface area contributed by atoms with Crippen LogP contribution in [0.2, 0.25) is 0 Å². The molecule has 0 saturated carbocycles. The average Bonchev–Trinajstić information content (AvgIpc) is 2.44. The van der Waals surface area contributed by atoms with Gasteiger partial charge in [-0.25, -0.2) is 9.59 Å². The van der Waals surface area contributed by atoms with E-state index in [1.807, 2.05) is 0 Å². The van der Waals surface area contributed by atoms with E-state index in [9.17, 15) is 9.59 Å². The molecule has 0 fully saturated rings. The summed E-state index contributed by atoms with van der Waals surface area (Å²) in [6, 6.07) is 6.22. The Morgan fingerprint density at radius 3 is 2.47 bits per heavy atom. The Morgan fingerprint density at radius 1 is 1.21 bits per heavy atom. The third-order valence-electron chi connectivity index (χ3n) is 2.46. The van der Waals surface area contributed by atoms with Crippen LogP contribution in [0.3, 0.4) is 0 Å². The van der Waals surface area contributed by atoms with E-state index in [1.165, 1.54) is 0 Å². The maximum Gasteiger partial charge on any atom is 0.338 e. The first-order valence-electron chi connectivity index (χ1n) is 6.28. The largest absolute Gasteiger partial charge is 0.462 e. The minimum Gasteiger partial charge on any atom is -0.462 e. The lowest BCUT2D eigenvalue weighted by Gasteiger charge is -2.05. The van der Waals surface area contributed by atoms with Crippen LogP contribution < -0.4 is 4.74 Å². The normalized spacial score (nSPS) is 9.74. The van der Waals surface area contributed by atoms with Crippen LogP contribution in [0.4, 0.5) is 0 Å². The van der Waals surface area contributed by atoms with Crippen molar-refractivity contribution in [2.75, 3.05) is 6.61 Å². The Kier molecular flexibility index (Phi) is 6.36. The van der Waals surface area contributed by atoms with E-state index in [4.69, 9.17) is 9.47 Å². The lowest BCUT2D eigenvalue weighted by atomic mass is 10.2. The number of rotatable bonds is 7. The number of esters is 2. The molecule has 0 saturated heterocycles. The molecule has 19 heavy (non-hydrogen) atoms. The zero-order chi connectivity index (χ0) is 14.1. The van der Waals surface area contributed by atoms with Crippen molar-refractivity contribution >= 4 is 11.9 Å². The summed E-state index contributed by atoms with van der Waals surface area (Å²) in [5.74, 6) is -0.528. The van der Waals surface area contributed by atoms with Crippen LogP contribution in [0.25, 0.3) is 0 Å². The fraction of sp³-hybridized carbons (Fsp3) is 0.333. The maximum atomic E-state index is 11.7. The molecule has 0 radical (unpaired) electrons. The molecule has 1 aromatic rings. The summed E-state index contributed by atoms with van der Waals surface area (Å²) >= 11 is 0. The van der Waals surface area contributed by atoms with Gasteiger partial charge in [-0.05, 0) is 30.7 Å². The number of carbonyl (C=O) groups is 2. The van der Waals surface area contributed by atoms with Gasteiger partial charge in [0, 0.05) is 6.08 Å². The van der Waals surface area contributed by atoms with E-state index in [-0.39, 0.29) is 5.97 Å². The summed E-state index contributed by atoms with van der Waals surface area (Å²) in [6.07, 6.45) is 4.08. The molecule has 4 nitrogen and oxygen atoms in total. The van der Waals surface area contributed by atoms with E-state index in [1.54, 1.807) is 24.3 Å². The zero-order valence-electron chi connectivity index (χ0n) is 11.1. The molecular weight excluding hydrogens is 244 g/mol. The summed E-state index contributed by atoms with van der Waals surface area (Å²) in [4.78, 5) is 22.6. The highest BCUT2D eigenvalue weighted by atomic mass is 16.5. The van der Waals surface area contributed by atoms with Crippen molar-refractivity contribution in [1.29, 1.82) is 0 Å². The standard InChI is InChI=1S/C15H18O4/c1-3-5-6-11-18-15(17)12-7-9-13(10-8-12)19-14(16)4-2/h4,7-10H,2-3,5-6,11H2,1H3. The highest BCUT2D eigenvalue weighted by Gasteiger charge is 2.07. The van der Waals surface area contributed by atoms with Gasteiger partial charge in [0.25, 0.3) is 0 Å². The van der Waals surface area contributed by atoms with Gasteiger partial charge in [0.15, 0.2) is 0 Å². The van der Waals surface area contributed by atoms with Gasteiger partial charge in [0.05, 0.1) is 12.2 Å². The lowest BCUT2D eigenvalue weighted by molar-refractivity contribution is -0.128. The molecule has 0 aromatic heterocycles. The van der Waals surface area contributed by atoms with E-state index >= 15 is 0 Å². The molecule has 0 N–H and O–H groups in total. The van der Waals surface area contributed by atoms with Crippen molar-refractivity contribution in [3.8, 4) is 5.75 Å². The van der Waals surface area contributed by atoms with Crippen molar-refractivity contribution in [2.24, 2.45) is 0 Å². The molecular formula is C15H18O4. The predicted octanol–water partition coefficient (Wildman–Crippen LogP) is 3.13. The molecule has 4 heteroatoms. The summed E-state index contributed by atoms with van der Waals surface area (Å²) in [5, 5.41) is 0.